The van der Waals surface area contributed by atoms with Gasteiger partial charge in [-0.2, -0.15) is 26.3 Å². The highest BCUT2D eigenvalue weighted by atomic mass is 79.9. The number of alkyl halides is 6. The summed E-state index contributed by atoms with van der Waals surface area (Å²) in [6.07, 6.45) is -6.92. The molecular weight excluding hydrogens is 710 g/mol. The lowest BCUT2D eigenvalue weighted by Crippen LogP contribution is -2.35. The number of phenolic OH excluding ortho intramolecular Hbond substituents is 1. The van der Waals surface area contributed by atoms with Crippen LogP contribution in [0.5, 0.6) is 5.75 Å². The number of aromatic nitrogens is 1. The molecule has 1 aromatic heterocycles. The lowest BCUT2D eigenvalue weighted by Gasteiger charge is -2.31. The number of benzene rings is 2. The van der Waals surface area contributed by atoms with Crippen molar-refractivity contribution in [2.24, 2.45) is 17.8 Å². The van der Waals surface area contributed by atoms with Crippen molar-refractivity contribution in [2.45, 2.75) is 37.7 Å². The number of pyridine rings is 1. The molecule has 0 unspecified atom stereocenters. The quantitative estimate of drug-likeness (QED) is 0.149. The third kappa shape index (κ3) is 6.40. The maximum Gasteiger partial charge on any atom is 0.416 e. The Balaban J connectivity index is 1.30. The topological polar surface area (TPSA) is 100.0 Å². The van der Waals surface area contributed by atoms with E-state index in [4.69, 9.17) is 4.74 Å². The van der Waals surface area contributed by atoms with Crippen LogP contribution < -0.4 is 4.90 Å². The fourth-order valence-electron chi connectivity index (χ4n) is 6.88. The van der Waals surface area contributed by atoms with Crippen LogP contribution >= 0.6 is 15.9 Å². The van der Waals surface area contributed by atoms with Crippen LogP contribution in [0.2, 0.25) is 0 Å². The van der Waals surface area contributed by atoms with Crippen molar-refractivity contribution in [1.82, 2.24) is 4.98 Å². The number of hydrogen-bond donors (Lipinski definition) is 2. The molecule has 14 heteroatoms. The van der Waals surface area contributed by atoms with Gasteiger partial charge in [0.1, 0.15) is 5.75 Å². The lowest BCUT2D eigenvalue weighted by molar-refractivity contribution is -0.143. The van der Waals surface area contributed by atoms with E-state index in [0.29, 0.717) is 52.3 Å². The summed E-state index contributed by atoms with van der Waals surface area (Å²) in [4.78, 5) is 32.2. The minimum absolute atomic E-state index is 0.0387. The maximum atomic E-state index is 13.8. The first-order chi connectivity index (χ1) is 22.7. The first-order valence-corrected chi connectivity index (χ1v) is 15.7. The second-order valence-corrected chi connectivity index (χ2v) is 12.8. The fraction of sp³-hybridized carbons (Fsp3) is 0.324. The number of aliphatic hydroxyl groups excluding tert-OH is 1. The van der Waals surface area contributed by atoms with Crippen molar-refractivity contribution in [3.8, 4) is 5.75 Å². The molecule has 2 amide bonds. The van der Waals surface area contributed by atoms with E-state index in [0.717, 1.165) is 10.0 Å². The molecule has 3 aliphatic rings. The molecule has 2 saturated heterocycles. The highest BCUT2D eigenvalue weighted by molar-refractivity contribution is 9.10. The second kappa shape index (κ2) is 12.8. The Labute approximate surface area is 278 Å². The molecule has 3 aromatic rings. The predicted molar refractivity (Wildman–Crippen MR) is 165 cm³/mol. The lowest BCUT2D eigenvalue weighted by atomic mass is 9.69. The number of halogens is 7. The molecule has 6 rings (SSSR count). The Morgan fingerprint density at radius 1 is 0.979 bits per heavy atom. The molecule has 2 fully saturated rings. The SMILES string of the molecule is O=C1[C@@H]2[C@@H](CC(CO)=C3[C@@H](CC/C(=C/c4cc(Br)ccc4O)c4ccccn4)OC[C@@H]32)C(=O)N1c1cc(C(F)(F)F)cc(C(F)(F)F)c1. The van der Waals surface area contributed by atoms with Crippen LogP contribution in [0, 0.1) is 17.8 Å². The number of ether oxygens (including phenoxy) is 1. The normalized spacial score (nSPS) is 23.2. The summed E-state index contributed by atoms with van der Waals surface area (Å²) in [6, 6.07) is 11.0. The van der Waals surface area contributed by atoms with Gasteiger partial charge in [-0.1, -0.05) is 22.0 Å². The molecule has 0 saturated carbocycles. The minimum Gasteiger partial charge on any atom is -0.507 e. The number of amides is 2. The smallest absolute Gasteiger partial charge is 0.416 e. The molecule has 1 aliphatic carbocycles. The molecule has 7 nitrogen and oxygen atoms in total. The van der Waals surface area contributed by atoms with Crippen LogP contribution in [0.1, 0.15) is 41.6 Å². The molecule has 0 bridgehead atoms. The third-order valence-electron chi connectivity index (χ3n) is 9.02. The van der Waals surface area contributed by atoms with Gasteiger partial charge in [0.05, 0.1) is 53.7 Å². The van der Waals surface area contributed by atoms with Gasteiger partial charge in [-0.25, -0.2) is 4.90 Å². The molecule has 2 aliphatic heterocycles. The molecule has 2 N–H and O–H groups in total. The van der Waals surface area contributed by atoms with E-state index in [9.17, 15) is 46.1 Å². The second-order valence-electron chi connectivity index (χ2n) is 11.9. The van der Waals surface area contributed by atoms with Crippen molar-refractivity contribution in [3.05, 3.63) is 98.8 Å². The van der Waals surface area contributed by atoms with Crippen LogP contribution in [0.15, 0.2) is 76.4 Å². The zero-order valence-electron chi connectivity index (χ0n) is 24.9. The van der Waals surface area contributed by atoms with Gasteiger partial charge < -0.3 is 14.9 Å². The number of hydrogen-bond acceptors (Lipinski definition) is 6. The van der Waals surface area contributed by atoms with E-state index in [2.05, 4.69) is 20.9 Å². The monoisotopic (exact) mass is 736 g/mol. The highest BCUT2D eigenvalue weighted by Crippen LogP contribution is 2.51. The predicted octanol–water partition coefficient (Wildman–Crippen LogP) is 7.42. The number of carbonyl (C=O) groups is 2. The van der Waals surface area contributed by atoms with Gasteiger partial charge in [-0.3, -0.25) is 14.6 Å². The van der Waals surface area contributed by atoms with Crippen LogP contribution in [-0.4, -0.2) is 46.3 Å². The van der Waals surface area contributed by atoms with E-state index in [1.807, 2.05) is 6.07 Å². The first-order valence-electron chi connectivity index (χ1n) is 14.9. The summed E-state index contributed by atoms with van der Waals surface area (Å²) in [5.74, 6) is -4.71. The van der Waals surface area contributed by atoms with Crippen LogP contribution in [0.4, 0.5) is 32.0 Å². The minimum atomic E-state index is -5.17. The summed E-state index contributed by atoms with van der Waals surface area (Å²) in [5, 5.41) is 20.8. The molecule has 2 aromatic carbocycles. The molecular formula is C34H27BrF6N2O5. The largest absolute Gasteiger partial charge is 0.507 e. The number of allylic oxidation sites excluding steroid dienone is 1. The standard InChI is InChI=1S/C34H27BrF6N2O5/c35-22-5-6-27(45)18(10-22)9-17(26-3-1-2-8-42-26)4-7-28-29-19(15-44)11-24-30(25(29)16-48-28)32(47)43(31(24)46)23-13-20(33(36,37)38)12-21(14-23)34(39,40)41/h1-3,5-6,8-10,12-14,24-25,28,30,44-45H,4,7,11,15-16H2/b17-9-/t24-,25+,28-,30-/m1/s1. The van der Waals surface area contributed by atoms with Crippen molar-refractivity contribution in [2.75, 3.05) is 18.1 Å². The van der Waals surface area contributed by atoms with Gasteiger partial charge in [-0.15, -0.1) is 0 Å². The summed E-state index contributed by atoms with van der Waals surface area (Å²) in [5.41, 5.74) is -1.14. The van der Waals surface area contributed by atoms with Crippen molar-refractivity contribution in [3.63, 3.8) is 0 Å². The van der Waals surface area contributed by atoms with E-state index in [-0.39, 0.29) is 24.8 Å². The highest BCUT2D eigenvalue weighted by Gasteiger charge is 2.57. The maximum absolute atomic E-state index is 13.8. The van der Waals surface area contributed by atoms with Gasteiger partial charge >= 0.3 is 12.4 Å². The van der Waals surface area contributed by atoms with E-state index in [1.54, 1.807) is 42.6 Å². The molecule has 0 radical (unpaired) electrons. The molecule has 0 spiro atoms. The van der Waals surface area contributed by atoms with Crippen LogP contribution in [-0.2, 0) is 26.7 Å². The van der Waals surface area contributed by atoms with E-state index >= 15 is 0 Å². The Morgan fingerprint density at radius 2 is 1.69 bits per heavy atom. The van der Waals surface area contributed by atoms with Crippen molar-refractivity contribution >= 4 is 45.1 Å². The number of aromatic hydroxyl groups is 1. The summed E-state index contributed by atoms with van der Waals surface area (Å²) >= 11 is 3.40. The summed E-state index contributed by atoms with van der Waals surface area (Å²) < 4.78 is 88.4. The van der Waals surface area contributed by atoms with Crippen LogP contribution in [0.25, 0.3) is 11.6 Å². The Morgan fingerprint density at radius 3 is 2.31 bits per heavy atom. The Hall–Kier alpha value is -4.01. The number of fused-ring (bicyclic) bond motifs is 3. The molecule has 48 heavy (non-hydrogen) atoms. The van der Waals surface area contributed by atoms with E-state index in [1.165, 1.54) is 0 Å². The number of carbonyl (C=O) groups excluding carboxylic acids is 2. The summed E-state index contributed by atoms with van der Waals surface area (Å²) in [7, 11) is 0. The number of phenols is 1. The average Bonchev–Trinajstić information content (AvgIpc) is 3.57. The number of aliphatic hydroxyl groups is 1. The zero-order chi connectivity index (χ0) is 34.5. The molecule has 4 atom stereocenters. The van der Waals surface area contributed by atoms with Crippen molar-refractivity contribution < 1.29 is 50.9 Å². The number of imide groups is 1. The Kier molecular flexibility index (Phi) is 9.02. The molecule has 3 heterocycles. The van der Waals surface area contributed by atoms with Gasteiger partial charge in [0.15, 0.2) is 0 Å². The number of rotatable bonds is 7. The van der Waals surface area contributed by atoms with E-state index < -0.39 is 71.4 Å². The summed E-state index contributed by atoms with van der Waals surface area (Å²) in [6.45, 7) is -0.518. The third-order valence-corrected chi connectivity index (χ3v) is 9.51. The van der Waals surface area contributed by atoms with Crippen molar-refractivity contribution in [1.29, 1.82) is 0 Å². The van der Waals surface area contributed by atoms with Gasteiger partial charge in [0, 0.05) is 22.2 Å². The number of anilines is 1. The number of nitrogens with zero attached hydrogens (tertiary/aromatic N) is 2. The zero-order valence-corrected chi connectivity index (χ0v) is 26.4. The van der Waals surface area contributed by atoms with Gasteiger partial charge in [0.25, 0.3) is 0 Å². The average molecular weight is 737 g/mol. The van der Waals surface area contributed by atoms with Crippen LogP contribution in [0.3, 0.4) is 0 Å². The fourth-order valence-corrected chi connectivity index (χ4v) is 7.26. The first kappa shape index (κ1) is 33.9. The Bertz CT molecular complexity index is 1790. The van der Waals surface area contributed by atoms with Gasteiger partial charge in [0.2, 0.25) is 11.8 Å². The van der Waals surface area contributed by atoms with Gasteiger partial charge in [-0.05, 0) is 90.6 Å². The molecule has 252 valence electrons.